The van der Waals surface area contributed by atoms with Gasteiger partial charge in [-0.1, -0.05) is 36.4 Å². The molecule has 0 unspecified atom stereocenters. The van der Waals surface area contributed by atoms with Crippen LogP contribution >= 0.6 is 0 Å². The molecule has 0 aliphatic carbocycles. The zero-order valence-electron chi connectivity index (χ0n) is 11.9. The highest BCUT2D eigenvalue weighted by atomic mass is 19.4. The molecule has 1 N–H and O–H groups in total. The SMILES string of the molecule is Cc1ccccc1CCc1cccc(C(=O)O)c1C(F)(F)F. The lowest BCUT2D eigenvalue weighted by molar-refractivity contribution is -0.138. The molecule has 0 aliphatic rings. The zero-order chi connectivity index (χ0) is 16.3. The number of carbonyl (C=O) groups is 1. The van der Waals surface area contributed by atoms with E-state index in [1.165, 1.54) is 12.1 Å². The summed E-state index contributed by atoms with van der Waals surface area (Å²) in [7, 11) is 0. The number of aromatic carboxylic acids is 1. The molecule has 2 rings (SSSR count). The maximum Gasteiger partial charge on any atom is 0.417 e. The number of carboxylic acids is 1. The third-order valence-corrected chi connectivity index (χ3v) is 3.59. The highest BCUT2D eigenvalue weighted by molar-refractivity contribution is 5.90. The molecule has 0 spiro atoms. The highest BCUT2D eigenvalue weighted by Gasteiger charge is 2.37. The van der Waals surface area contributed by atoms with E-state index in [0.29, 0.717) is 6.42 Å². The van der Waals surface area contributed by atoms with Gasteiger partial charge in [-0.05, 0) is 42.5 Å². The second-order valence-electron chi connectivity index (χ2n) is 5.07. The van der Waals surface area contributed by atoms with Gasteiger partial charge in [0, 0.05) is 0 Å². The van der Waals surface area contributed by atoms with E-state index in [9.17, 15) is 18.0 Å². The molecule has 0 radical (unpaired) electrons. The molecular formula is C17H15F3O2. The standard InChI is InChI=1S/C17H15F3O2/c1-11-5-2-3-6-12(11)9-10-13-7-4-8-14(16(21)22)15(13)17(18,19)20/h2-8H,9-10H2,1H3,(H,21,22). The molecule has 2 nitrogen and oxygen atoms in total. The lowest BCUT2D eigenvalue weighted by Gasteiger charge is -2.16. The first kappa shape index (κ1) is 16.1. The van der Waals surface area contributed by atoms with Crippen LogP contribution in [0.25, 0.3) is 0 Å². The largest absolute Gasteiger partial charge is 0.478 e. The quantitative estimate of drug-likeness (QED) is 0.903. The average Bonchev–Trinajstić information content (AvgIpc) is 2.45. The van der Waals surface area contributed by atoms with Crippen molar-refractivity contribution in [2.45, 2.75) is 25.9 Å². The van der Waals surface area contributed by atoms with E-state index < -0.39 is 23.3 Å². The molecule has 2 aromatic rings. The smallest absolute Gasteiger partial charge is 0.417 e. The summed E-state index contributed by atoms with van der Waals surface area (Å²) in [6, 6.07) is 11.1. The fourth-order valence-corrected chi connectivity index (χ4v) is 2.48. The monoisotopic (exact) mass is 308 g/mol. The van der Waals surface area contributed by atoms with Crippen molar-refractivity contribution < 1.29 is 23.1 Å². The van der Waals surface area contributed by atoms with Crippen LogP contribution in [0.2, 0.25) is 0 Å². The first-order valence-corrected chi connectivity index (χ1v) is 6.77. The minimum absolute atomic E-state index is 0.00986. The Hall–Kier alpha value is -2.30. The topological polar surface area (TPSA) is 37.3 Å². The molecule has 0 heterocycles. The lowest BCUT2D eigenvalue weighted by atomic mass is 9.94. The summed E-state index contributed by atoms with van der Waals surface area (Å²) >= 11 is 0. The van der Waals surface area contributed by atoms with E-state index in [0.717, 1.165) is 17.2 Å². The summed E-state index contributed by atoms with van der Waals surface area (Å²) in [5.74, 6) is -1.56. The number of rotatable bonds is 4. The van der Waals surface area contributed by atoms with Crippen molar-refractivity contribution in [1.82, 2.24) is 0 Å². The number of halogens is 3. The molecule has 5 heteroatoms. The van der Waals surface area contributed by atoms with Gasteiger partial charge < -0.3 is 5.11 Å². The van der Waals surface area contributed by atoms with E-state index in [2.05, 4.69) is 0 Å². The van der Waals surface area contributed by atoms with Crippen molar-refractivity contribution in [2.75, 3.05) is 0 Å². The van der Waals surface area contributed by atoms with Crippen molar-refractivity contribution >= 4 is 5.97 Å². The molecule has 0 atom stereocenters. The van der Waals surface area contributed by atoms with Gasteiger partial charge in [-0.25, -0.2) is 4.79 Å². The van der Waals surface area contributed by atoms with Gasteiger partial charge >= 0.3 is 12.1 Å². The Balaban J connectivity index is 2.37. The van der Waals surface area contributed by atoms with Crippen LogP contribution in [0.15, 0.2) is 42.5 Å². The second kappa shape index (κ2) is 6.22. The Kier molecular flexibility index (Phi) is 4.54. The van der Waals surface area contributed by atoms with Gasteiger partial charge in [0.05, 0.1) is 11.1 Å². The first-order valence-electron chi connectivity index (χ1n) is 6.77. The van der Waals surface area contributed by atoms with Gasteiger partial charge in [-0.15, -0.1) is 0 Å². The van der Waals surface area contributed by atoms with Gasteiger partial charge in [0.15, 0.2) is 0 Å². The van der Waals surface area contributed by atoms with E-state index in [1.807, 2.05) is 31.2 Å². The Bertz CT molecular complexity index is 691. The Labute approximate surface area is 126 Å². The minimum atomic E-state index is -4.68. The molecule has 2 aromatic carbocycles. The maximum atomic E-state index is 13.2. The van der Waals surface area contributed by atoms with E-state index in [-0.39, 0.29) is 12.0 Å². The number of benzene rings is 2. The lowest BCUT2D eigenvalue weighted by Crippen LogP contribution is -2.16. The average molecular weight is 308 g/mol. The molecule has 0 saturated carbocycles. The highest BCUT2D eigenvalue weighted by Crippen LogP contribution is 2.35. The minimum Gasteiger partial charge on any atom is -0.478 e. The third-order valence-electron chi connectivity index (χ3n) is 3.59. The number of carboxylic acid groups (broad SMARTS) is 1. The van der Waals surface area contributed by atoms with E-state index in [4.69, 9.17) is 5.11 Å². The fourth-order valence-electron chi connectivity index (χ4n) is 2.48. The van der Waals surface area contributed by atoms with Crippen LogP contribution in [-0.2, 0) is 19.0 Å². The van der Waals surface area contributed by atoms with Crippen LogP contribution in [-0.4, -0.2) is 11.1 Å². The van der Waals surface area contributed by atoms with Crippen molar-refractivity contribution in [3.63, 3.8) is 0 Å². The van der Waals surface area contributed by atoms with Crippen molar-refractivity contribution in [3.8, 4) is 0 Å². The summed E-state index contributed by atoms with van der Waals surface area (Å²) < 4.78 is 39.6. The van der Waals surface area contributed by atoms with Crippen molar-refractivity contribution in [3.05, 3.63) is 70.3 Å². The van der Waals surface area contributed by atoms with Gasteiger partial charge in [-0.2, -0.15) is 13.2 Å². The van der Waals surface area contributed by atoms with Crippen LogP contribution in [0.4, 0.5) is 13.2 Å². The van der Waals surface area contributed by atoms with Gasteiger partial charge in [0.2, 0.25) is 0 Å². The normalized spacial score (nSPS) is 11.5. The molecule has 0 aromatic heterocycles. The summed E-state index contributed by atoms with van der Waals surface area (Å²) in [5.41, 5.74) is 0.225. The molecule has 22 heavy (non-hydrogen) atoms. The summed E-state index contributed by atoms with van der Waals surface area (Å²) in [5, 5.41) is 8.98. The van der Waals surface area contributed by atoms with Crippen LogP contribution in [0.1, 0.15) is 32.6 Å². The van der Waals surface area contributed by atoms with Crippen LogP contribution in [0, 0.1) is 6.92 Å². The van der Waals surface area contributed by atoms with E-state index >= 15 is 0 Å². The van der Waals surface area contributed by atoms with Crippen molar-refractivity contribution in [2.24, 2.45) is 0 Å². The first-order chi connectivity index (χ1) is 10.3. The second-order valence-corrected chi connectivity index (χ2v) is 5.07. The molecule has 116 valence electrons. The molecule has 0 bridgehead atoms. The Morgan fingerprint density at radius 3 is 2.18 bits per heavy atom. The molecular weight excluding hydrogens is 293 g/mol. The third kappa shape index (κ3) is 3.47. The van der Waals surface area contributed by atoms with Crippen LogP contribution in [0.3, 0.4) is 0 Å². The number of hydrogen-bond acceptors (Lipinski definition) is 1. The van der Waals surface area contributed by atoms with Gasteiger partial charge in [0.25, 0.3) is 0 Å². The summed E-state index contributed by atoms with van der Waals surface area (Å²) in [4.78, 5) is 11.0. The van der Waals surface area contributed by atoms with Crippen molar-refractivity contribution in [1.29, 1.82) is 0 Å². The number of aryl methyl sites for hydroxylation is 3. The molecule has 0 amide bonds. The van der Waals surface area contributed by atoms with Crippen LogP contribution < -0.4 is 0 Å². The maximum absolute atomic E-state index is 13.2. The zero-order valence-corrected chi connectivity index (χ0v) is 11.9. The molecule has 0 saturated heterocycles. The molecule has 0 aliphatic heterocycles. The van der Waals surface area contributed by atoms with Crippen LogP contribution in [0.5, 0.6) is 0 Å². The number of alkyl halides is 3. The summed E-state index contributed by atoms with van der Waals surface area (Å²) in [6.45, 7) is 1.90. The Morgan fingerprint density at radius 1 is 1.00 bits per heavy atom. The summed E-state index contributed by atoms with van der Waals surface area (Å²) in [6.07, 6.45) is -4.12. The predicted octanol–water partition coefficient (Wildman–Crippen LogP) is 4.50. The Morgan fingerprint density at radius 2 is 1.59 bits per heavy atom. The molecule has 0 fully saturated rings. The van der Waals surface area contributed by atoms with Gasteiger partial charge in [-0.3, -0.25) is 0 Å². The number of hydrogen-bond donors (Lipinski definition) is 1. The van der Waals surface area contributed by atoms with E-state index in [1.54, 1.807) is 0 Å². The predicted molar refractivity (Wildman–Crippen MR) is 77.0 cm³/mol. The van der Waals surface area contributed by atoms with Gasteiger partial charge in [0.1, 0.15) is 0 Å². The fraction of sp³-hybridized carbons (Fsp3) is 0.235.